The second-order valence-electron chi connectivity index (χ2n) is 7.84. The number of ether oxygens (including phenoxy) is 1. The first-order chi connectivity index (χ1) is 15.9. The maximum absolute atomic E-state index is 12.6. The zero-order valence-electron chi connectivity index (χ0n) is 18.2. The van der Waals surface area contributed by atoms with E-state index in [2.05, 4.69) is 29.4 Å². The standard InChI is InChI=1S/C24H23Cl2N5O2/c1-16(2)18-5-9-20(10-6-18)33-15-30-12-11-22(28-30)24(32)27-23-21(26)14-31(29-23)13-17-3-7-19(25)8-4-17/h3-12,14,16H,13,15H2,1-2H3,(H,27,29,32). The molecule has 0 atom stereocenters. The zero-order chi connectivity index (χ0) is 23.4. The maximum Gasteiger partial charge on any atom is 0.277 e. The molecule has 0 unspecified atom stereocenters. The summed E-state index contributed by atoms with van der Waals surface area (Å²) in [6.07, 6.45) is 3.33. The highest BCUT2D eigenvalue weighted by molar-refractivity contribution is 6.33. The Labute approximate surface area is 201 Å². The van der Waals surface area contributed by atoms with E-state index in [0.717, 1.165) is 11.3 Å². The molecule has 0 aliphatic rings. The third-order valence-corrected chi connectivity index (χ3v) is 5.52. The van der Waals surface area contributed by atoms with E-state index < -0.39 is 5.91 Å². The molecule has 0 fully saturated rings. The van der Waals surface area contributed by atoms with Crippen LogP contribution in [-0.4, -0.2) is 25.5 Å². The number of halogens is 2. The first kappa shape index (κ1) is 22.9. The molecule has 0 radical (unpaired) electrons. The van der Waals surface area contributed by atoms with E-state index in [1.165, 1.54) is 5.56 Å². The molecule has 170 valence electrons. The van der Waals surface area contributed by atoms with Crippen molar-refractivity contribution in [2.45, 2.75) is 33.0 Å². The molecule has 4 aromatic rings. The van der Waals surface area contributed by atoms with Gasteiger partial charge in [0, 0.05) is 17.4 Å². The Balaban J connectivity index is 1.34. The highest BCUT2D eigenvalue weighted by Gasteiger charge is 2.15. The van der Waals surface area contributed by atoms with E-state index in [0.29, 0.717) is 22.5 Å². The van der Waals surface area contributed by atoms with E-state index >= 15 is 0 Å². The molecule has 2 aromatic heterocycles. The average Bonchev–Trinajstić information content (AvgIpc) is 3.41. The Morgan fingerprint density at radius 1 is 1.00 bits per heavy atom. The third kappa shape index (κ3) is 5.94. The lowest BCUT2D eigenvalue weighted by molar-refractivity contribution is 0.101. The van der Waals surface area contributed by atoms with Crippen molar-refractivity contribution in [2.24, 2.45) is 0 Å². The van der Waals surface area contributed by atoms with E-state index in [1.54, 1.807) is 27.8 Å². The van der Waals surface area contributed by atoms with Crippen LogP contribution < -0.4 is 10.1 Å². The fourth-order valence-corrected chi connectivity index (χ4v) is 3.48. The summed E-state index contributed by atoms with van der Waals surface area (Å²) < 4.78 is 8.95. The summed E-state index contributed by atoms with van der Waals surface area (Å²) in [6.45, 7) is 4.97. The number of aromatic nitrogens is 4. The van der Waals surface area contributed by atoms with Crippen LogP contribution in [0.1, 0.15) is 41.4 Å². The molecule has 0 aliphatic heterocycles. The lowest BCUT2D eigenvalue weighted by Crippen LogP contribution is -2.15. The maximum atomic E-state index is 12.6. The Morgan fingerprint density at radius 3 is 2.42 bits per heavy atom. The molecule has 0 saturated carbocycles. The number of nitrogens with zero attached hydrogens (tertiary/aromatic N) is 4. The highest BCUT2D eigenvalue weighted by atomic mass is 35.5. The highest BCUT2D eigenvalue weighted by Crippen LogP contribution is 2.21. The zero-order valence-corrected chi connectivity index (χ0v) is 19.7. The van der Waals surface area contributed by atoms with E-state index in [1.807, 2.05) is 48.5 Å². The topological polar surface area (TPSA) is 74.0 Å². The second kappa shape index (κ2) is 10.1. The van der Waals surface area contributed by atoms with Gasteiger partial charge in [-0.2, -0.15) is 10.2 Å². The number of carbonyl (C=O) groups excluding carboxylic acids is 1. The van der Waals surface area contributed by atoms with Crippen molar-refractivity contribution in [1.82, 2.24) is 19.6 Å². The smallest absolute Gasteiger partial charge is 0.277 e. The van der Waals surface area contributed by atoms with E-state index in [4.69, 9.17) is 27.9 Å². The molecule has 0 spiro atoms. The van der Waals surface area contributed by atoms with Crippen molar-refractivity contribution in [1.29, 1.82) is 0 Å². The predicted molar refractivity (Wildman–Crippen MR) is 129 cm³/mol. The number of hydrogen-bond acceptors (Lipinski definition) is 4. The SMILES string of the molecule is CC(C)c1ccc(OCn2ccc(C(=O)Nc3nn(Cc4ccc(Cl)cc4)cc3Cl)n2)cc1. The van der Waals surface area contributed by atoms with Crippen LogP contribution in [0.5, 0.6) is 5.75 Å². The van der Waals surface area contributed by atoms with Crippen LogP contribution in [-0.2, 0) is 13.3 Å². The Hall–Kier alpha value is -3.29. The molecule has 0 bridgehead atoms. The number of benzene rings is 2. The summed E-state index contributed by atoms with van der Waals surface area (Å²) in [4.78, 5) is 12.6. The van der Waals surface area contributed by atoms with Crippen LogP contribution in [0.2, 0.25) is 10.0 Å². The molecule has 2 aromatic carbocycles. The van der Waals surface area contributed by atoms with Crippen molar-refractivity contribution in [3.05, 3.63) is 93.9 Å². The first-order valence-electron chi connectivity index (χ1n) is 10.4. The summed E-state index contributed by atoms with van der Waals surface area (Å²) in [5, 5.41) is 12.3. The lowest BCUT2D eigenvalue weighted by atomic mass is 10.0. The van der Waals surface area contributed by atoms with E-state index in [-0.39, 0.29) is 18.2 Å². The quantitative estimate of drug-likeness (QED) is 0.341. The molecule has 1 amide bonds. The van der Waals surface area contributed by atoms with Crippen LogP contribution in [0.4, 0.5) is 5.82 Å². The van der Waals surface area contributed by atoms with Crippen LogP contribution in [0.25, 0.3) is 0 Å². The van der Waals surface area contributed by atoms with Crippen LogP contribution >= 0.6 is 23.2 Å². The fraction of sp³-hybridized carbons (Fsp3) is 0.208. The largest absolute Gasteiger partial charge is 0.471 e. The number of hydrogen-bond donors (Lipinski definition) is 1. The van der Waals surface area contributed by atoms with Gasteiger partial charge in [-0.3, -0.25) is 9.48 Å². The number of anilines is 1. The van der Waals surface area contributed by atoms with Gasteiger partial charge in [-0.15, -0.1) is 0 Å². The molecule has 33 heavy (non-hydrogen) atoms. The molecule has 1 N–H and O–H groups in total. The van der Waals surface area contributed by atoms with Crippen molar-refractivity contribution >= 4 is 34.9 Å². The van der Waals surface area contributed by atoms with Crippen LogP contribution in [0.3, 0.4) is 0 Å². The molecule has 4 rings (SSSR count). The van der Waals surface area contributed by atoms with Crippen molar-refractivity contribution < 1.29 is 9.53 Å². The summed E-state index contributed by atoms with van der Waals surface area (Å²) in [6, 6.07) is 17.0. The van der Waals surface area contributed by atoms with Gasteiger partial charge >= 0.3 is 0 Å². The van der Waals surface area contributed by atoms with Gasteiger partial charge < -0.3 is 10.1 Å². The van der Waals surface area contributed by atoms with Crippen molar-refractivity contribution in [3.63, 3.8) is 0 Å². The van der Waals surface area contributed by atoms with Gasteiger partial charge in [0.15, 0.2) is 18.2 Å². The van der Waals surface area contributed by atoms with Gasteiger partial charge in [-0.05, 0) is 47.4 Å². The second-order valence-corrected chi connectivity index (χ2v) is 8.69. The number of nitrogens with one attached hydrogen (secondary N) is 1. The van der Waals surface area contributed by atoms with Crippen molar-refractivity contribution in [2.75, 3.05) is 5.32 Å². The predicted octanol–water partition coefficient (Wildman–Crippen LogP) is 5.85. The Bertz CT molecular complexity index is 1230. The minimum absolute atomic E-state index is 0.185. The van der Waals surface area contributed by atoms with Gasteiger partial charge in [0.2, 0.25) is 0 Å². The minimum Gasteiger partial charge on any atom is -0.471 e. The van der Waals surface area contributed by atoms with E-state index in [9.17, 15) is 4.79 Å². The Morgan fingerprint density at radius 2 is 1.73 bits per heavy atom. The monoisotopic (exact) mass is 483 g/mol. The summed E-state index contributed by atoms with van der Waals surface area (Å²) in [7, 11) is 0. The summed E-state index contributed by atoms with van der Waals surface area (Å²) >= 11 is 12.2. The van der Waals surface area contributed by atoms with Gasteiger partial charge in [-0.25, -0.2) is 4.68 Å². The fourth-order valence-electron chi connectivity index (χ4n) is 3.16. The summed E-state index contributed by atoms with van der Waals surface area (Å²) in [5.41, 5.74) is 2.49. The Kier molecular flexibility index (Phi) is 7.01. The first-order valence-corrected chi connectivity index (χ1v) is 11.2. The third-order valence-electron chi connectivity index (χ3n) is 4.99. The van der Waals surface area contributed by atoms with Gasteiger partial charge in [0.05, 0.1) is 6.54 Å². The van der Waals surface area contributed by atoms with Crippen LogP contribution in [0.15, 0.2) is 67.0 Å². The molecular formula is C24H23Cl2N5O2. The number of amides is 1. The average molecular weight is 484 g/mol. The molecule has 9 heteroatoms. The number of carbonyl (C=O) groups is 1. The van der Waals surface area contributed by atoms with Gasteiger partial charge in [-0.1, -0.05) is 61.3 Å². The molecular weight excluding hydrogens is 461 g/mol. The van der Waals surface area contributed by atoms with Crippen molar-refractivity contribution in [3.8, 4) is 5.75 Å². The molecule has 7 nitrogen and oxygen atoms in total. The number of rotatable bonds is 8. The minimum atomic E-state index is -0.409. The lowest BCUT2D eigenvalue weighted by Gasteiger charge is -2.09. The van der Waals surface area contributed by atoms with Gasteiger partial charge in [0.1, 0.15) is 10.8 Å². The van der Waals surface area contributed by atoms with Gasteiger partial charge in [0.25, 0.3) is 5.91 Å². The van der Waals surface area contributed by atoms with Crippen LogP contribution in [0, 0.1) is 0 Å². The molecule has 0 saturated heterocycles. The normalized spacial score (nSPS) is 11.1. The molecule has 0 aliphatic carbocycles. The summed E-state index contributed by atoms with van der Waals surface area (Å²) in [5.74, 6) is 1.06. The molecule has 2 heterocycles.